The lowest BCUT2D eigenvalue weighted by molar-refractivity contribution is 0.133. The van der Waals surface area contributed by atoms with E-state index in [0.717, 1.165) is 18.1 Å². The van der Waals surface area contributed by atoms with Crippen molar-refractivity contribution in [2.75, 3.05) is 0 Å². The Bertz CT molecular complexity index is 446. The summed E-state index contributed by atoms with van der Waals surface area (Å²) in [7, 11) is 0. The first kappa shape index (κ1) is 15.4. The van der Waals surface area contributed by atoms with Crippen LogP contribution >= 0.6 is 0 Å². The summed E-state index contributed by atoms with van der Waals surface area (Å²) in [5.41, 5.74) is 0.444. The number of cyclic esters (lactones) is 1. The molecule has 0 bridgehead atoms. The van der Waals surface area contributed by atoms with Crippen LogP contribution in [0.15, 0.2) is 18.2 Å². The lowest BCUT2D eigenvalue weighted by Crippen LogP contribution is -2.23. The zero-order valence-corrected chi connectivity index (χ0v) is 11.5. The number of carbonyl (C=O) groups excluding carboxylic acids is 1. The predicted molar refractivity (Wildman–Crippen MR) is 68.7 cm³/mol. The Kier molecular flexibility index (Phi) is 5.27. The summed E-state index contributed by atoms with van der Waals surface area (Å²) in [6.45, 7) is 8.23. The van der Waals surface area contributed by atoms with E-state index in [-0.39, 0.29) is 6.04 Å². The van der Waals surface area contributed by atoms with Gasteiger partial charge in [-0.1, -0.05) is 26.8 Å². The zero-order chi connectivity index (χ0) is 14.6. The molecule has 1 aromatic rings. The first-order chi connectivity index (χ1) is 8.81. The van der Waals surface area contributed by atoms with Crippen molar-refractivity contribution in [3.05, 3.63) is 35.4 Å². The maximum absolute atomic E-state index is 12.9. The summed E-state index contributed by atoms with van der Waals surface area (Å²) >= 11 is 0. The molecule has 1 saturated heterocycles. The van der Waals surface area contributed by atoms with Crippen molar-refractivity contribution in [2.24, 2.45) is 5.92 Å². The van der Waals surface area contributed by atoms with Gasteiger partial charge in [-0.15, -0.1) is 0 Å². The van der Waals surface area contributed by atoms with E-state index in [2.05, 4.69) is 26.1 Å². The minimum atomic E-state index is -0.942. The predicted octanol–water partition coefficient (Wildman–Crippen LogP) is 3.80. The second-order valence-electron chi connectivity index (χ2n) is 5.16. The Morgan fingerprint density at radius 3 is 2.21 bits per heavy atom. The molecule has 0 unspecified atom stereocenters. The molecule has 1 aliphatic heterocycles. The van der Waals surface area contributed by atoms with Crippen LogP contribution < -0.4 is 5.32 Å². The summed E-state index contributed by atoms with van der Waals surface area (Å²) in [4.78, 5) is 10.9. The summed E-state index contributed by atoms with van der Waals surface area (Å²) < 4.78 is 30.5. The molecular formula is C14H19F2NO2. The molecule has 0 aromatic heterocycles. The molecule has 2 rings (SSSR count). The number of hydrogen-bond donors (Lipinski definition) is 1. The number of ether oxygens (including phenoxy) is 1. The van der Waals surface area contributed by atoms with Crippen LogP contribution in [0, 0.1) is 17.6 Å². The Labute approximate surface area is 112 Å². The van der Waals surface area contributed by atoms with E-state index >= 15 is 0 Å². The Balaban J connectivity index is 0.000000399. The second kappa shape index (κ2) is 6.50. The lowest BCUT2D eigenvalue weighted by atomic mass is 10.0. The Morgan fingerprint density at radius 1 is 1.21 bits per heavy atom. The van der Waals surface area contributed by atoms with Crippen molar-refractivity contribution >= 4 is 6.09 Å². The third-order valence-electron chi connectivity index (χ3n) is 2.31. The number of carbonyl (C=O) groups is 1. The first-order valence-electron chi connectivity index (χ1n) is 6.23. The highest BCUT2D eigenvalue weighted by Crippen LogP contribution is 2.26. The standard InChI is InChI=1S/C10H9F2NO2.C4H10/c1-5-9(15-10(14)13-5)6-2-3-7(11)8(12)4-6;1-4(2)3/h2-5,9H,1H3,(H,13,14);4H,1-3H3/t5-,9-;/m0./s1. The van der Waals surface area contributed by atoms with Crippen molar-refractivity contribution in [1.29, 1.82) is 0 Å². The van der Waals surface area contributed by atoms with E-state index in [0.29, 0.717) is 5.56 Å². The van der Waals surface area contributed by atoms with Gasteiger partial charge in [-0.05, 0) is 30.5 Å². The van der Waals surface area contributed by atoms with Crippen LogP contribution in [0.2, 0.25) is 0 Å². The molecule has 0 radical (unpaired) electrons. The van der Waals surface area contributed by atoms with Crippen LogP contribution in [-0.4, -0.2) is 12.1 Å². The maximum Gasteiger partial charge on any atom is 0.408 e. The third-order valence-corrected chi connectivity index (χ3v) is 2.31. The van der Waals surface area contributed by atoms with Gasteiger partial charge in [-0.2, -0.15) is 0 Å². The first-order valence-corrected chi connectivity index (χ1v) is 6.23. The van der Waals surface area contributed by atoms with Crippen molar-refractivity contribution in [3.8, 4) is 0 Å². The van der Waals surface area contributed by atoms with E-state index in [1.54, 1.807) is 6.92 Å². The van der Waals surface area contributed by atoms with E-state index < -0.39 is 23.8 Å². The topological polar surface area (TPSA) is 38.3 Å². The Morgan fingerprint density at radius 2 is 1.79 bits per heavy atom. The highest BCUT2D eigenvalue weighted by atomic mass is 19.2. The van der Waals surface area contributed by atoms with Crippen LogP contribution in [0.5, 0.6) is 0 Å². The summed E-state index contributed by atoms with van der Waals surface area (Å²) in [5.74, 6) is -1.02. The minimum Gasteiger partial charge on any atom is -0.439 e. The number of rotatable bonds is 1. The third kappa shape index (κ3) is 4.50. The summed E-state index contributed by atoms with van der Waals surface area (Å²) in [6, 6.07) is 3.21. The average molecular weight is 271 g/mol. The van der Waals surface area contributed by atoms with Gasteiger partial charge in [0.05, 0.1) is 6.04 Å². The van der Waals surface area contributed by atoms with Gasteiger partial charge in [-0.25, -0.2) is 13.6 Å². The molecule has 1 N–H and O–H groups in total. The van der Waals surface area contributed by atoms with E-state index in [1.807, 2.05) is 0 Å². The van der Waals surface area contributed by atoms with E-state index in [4.69, 9.17) is 4.74 Å². The minimum absolute atomic E-state index is 0.248. The summed E-state index contributed by atoms with van der Waals surface area (Å²) in [5, 5.41) is 2.52. The van der Waals surface area contributed by atoms with Crippen LogP contribution in [0.1, 0.15) is 39.4 Å². The normalized spacial score (nSPS) is 21.5. The van der Waals surface area contributed by atoms with Crippen LogP contribution in [0.3, 0.4) is 0 Å². The molecule has 106 valence electrons. The zero-order valence-electron chi connectivity index (χ0n) is 11.5. The summed E-state index contributed by atoms with van der Waals surface area (Å²) in [6.07, 6.45) is -1.11. The van der Waals surface area contributed by atoms with Gasteiger partial charge in [0.15, 0.2) is 11.6 Å². The largest absolute Gasteiger partial charge is 0.439 e. The number of halogens is 2. The van der Waals surface area contributed by atoms with Crippen molar-refractivity contribution in [1.82, 2.24) is 5.32 Å². The van der Waals surface area contributed by atoms with E-state index in [1.165, 1.54) is 6.07 Å². The van der Waals surface area contributed by atoms with Crippen LogP contribution in [-0.2, 0) is 4.74 Å². The number of benzene rings is 1. The molecule has 0 saturated carbocycles. The molecule has 2 atom stereocenters. The van der Waals surface area contributed by atoms with Gasteiger partial charge < -0.3 is 10.1 Å². The van der Waals surface area contributed by atoms with Crippen molar-refractivity contribution in [2.45, 2.75) is 39.8 Å². The van der Waals surface area contributed by atoms with Gasteiger partial charge in [0.1, 0.15) is 6.10 Å². The fourth-order valence-corrected chi connectivity index (χ4v) is 1.56. The van der Waals surface area contributed by atoms with Crippen LogP contribution in [0.4, 0.5) is 13.6 Å². The molecule has 19 heavy (non-hydrogen) atoms. The maximum atomic E-state index is 12.9. The smallest absolute Gasteiger partial charge is 0.408 e. The fraction of sp³-hybridized carbons (Fsp3) is 0.500. The number of hydrogen-bond acceptors (Lipinski definition) is 2. The van der Waals surface area contributed by atoms with Gasteiger partial charge in [0.2, 0.25) is 0 Å². The van der Waals surface area contributed by atoms with Gasteiger partial charge >= 0.3 is 6.09 Å². The van der Waals surface area contributed by atoms with Crippen molar-refractivity contribution < 1.29 is 18.3 Å². The highest BCUT2D eigenvalue weighted by Gasteiger charge is 2.32. The average Bonchev–Trinajstić information content (AvgIpc) is 2.61. The molecule has 1 fully saturated rings. The molecule has 5 heteroatoms. The number of amides is 1. The fourth-order valence-electron chi connectivity index (χ4n) is 1.56. The molecule has 1 aromatic carbocycles. The monoisotopic (exact) mass is 271 g/mol. The Hall–Kier alpha value is -1.65. The molecule has 1 amide bonds. The van der Waals surface area contributed by atoms with Gasteiger partial charge in [0, 0.05) is 0 Å². The van der Waals surface area contributed by atoms with E-state index in [9.17, 15) is 13.6 Å². The molecule has 0 aliphatic carbocycles. The molecule has 1 aliphatic rings. The quantitative estimate of drug-likeness (QED) is 0.843. The highest BCUT2D eigenvalue weighted by molar-refractivity contribution is 5.70. The lowest BCUT2D eigenvalue weighted by Gasteiger charge is -2.12. The molecule has 1 heterocycles. The second-order valence-corrected chi connectivity index (χ2v) is 5.16. The van der Waals surface area contributed by atoms with Crippen molar-refractivity contribution in [3.63, 3.8) is 0 Å². The molecule has 0 spiro atoms. The molecular weight excluding hydrogens is 252 g/mol. The van der Waals surface area contributed by atoms with Gasteiger partial charge in [0.25, 0.3) is 0 Å². The number of alkyl carbamates (subject to hydrolysis) is 1. The van der Waals surface area contributed by atoms with Crippen LogP contribution in [0.25, 0.3) is 0 Å². The number of nitrogens with one attached hydrogen (secondary N) is 1. The SMILES string of the molecule is CC(C)C.C[C@@H]1NC(=O)O[C@@H]1c1ccc(F)c(F)c1. The molecule has 3 nitrogen and oxygen atoms in total. The van der Waals surface area contributed by atoms with Gasteiger partial charge in [-0.3, -0.25) is 0 Å².